The fraction of sp³-hybridized carbons (Fsp3) is 0.957. The molecular formula is C94H184O17P2. The van der Waals surface area contributed by atoms with Gasteiger partial charge in [-0.2, -0.15) is 0 Å². The van der Waals surface area contributed by atoms with E-state index in [1.165, 1.54) is 340 Å². The van der Waals surface area contributed by atoms with Gasteiger partial charge in [0, 0.05) is 25.7 Å². The number of carbonyl (C=O) groups excluding carboxylic acids is 4. The molecule has 0 aromatic heterocycles. The van der Waals surface area contributed by atoms with E-state index < -0.39 is 97.5 Å². The van der Waals surface area contributed by atoms with Crippen LogP contribution in [-0.2, 0) is 65.4 Å². The molecule has 0 heterocycles. The summed E-state index contributed by atoms with van der Waals surface area (Å²) in [7, 11) is -9.94. The minimum absolute atomic E-state index is 0.109. The number of phosphoric ester groups is 2. The monoisotopic (exact) mass is 1650 g/mol. The third kappa shape index (κ3) is 87.7. The summed E-state index contributed by atoms with van der Waals surface area (Å²) in [6.45, 7) is 7.39. The van der Waals surface area contributed by atoms with E-state index in [1.54, 1.807) is 0 Å². The van der Waals surface area contributed by atoms with Gasteiger partial charge in [-0.05, 0) is 31.6 Å². The Hall–Kier alpha value is -1.94. The van der Waals surface area contributed by atoms with Crippen LogP contribution in [0.15, 0.2) is 0 Å². The summed E-state index contributed by atoms with van der Waals surface area (Å²) in [6.07, 6.45) is 83.6. The predicted molar refractivity (Wildman–Crippen MR) is 469 cm³/mol. The number of rotatable bonds is 94. The van der Waals surface area contributed by atoms with Crippen LogP contribution in [0.5, 0.6) is 0 Å². The van der Waals surface area contributed by atoms with Crippen molar-refractivity contribution in [3.63, 3.8) is 0 Å². The van der Waals surface area contributed by atoms with E-state index in [9.17, 15) is 43.2 Å². The fourth-order valence-corrected chi connectivity index (χ4v) is 16.5. The molecule has 17 nitrogen and oxygen atoms in total. The molecule has 0 fully saturated rings. The smallest absolute Gasteiger partial charge is 0.462 e. The van der Waals surface area contributed by atoms with E-state index in [0.29, 0.717) is 25.7 Å². The van der Waals surface area contributed by atoms with Crippen molar-refractivity contribution in [3.8, 4) is 0 Å². The largest absolute Gasteiger partial charge is 0.472 e. The number of esters is 4. The van der Waals surface area contributed by atoms with Gasteiger partial charge in [0.2, 0.25) is 0 Å². The quantitative estimate of drug-likeness (QED) is 0.0222. The lowest BCUT2D eigenvalue weighted by atomic mass is 10.0. The number of hydrogen-bond acceptors (Lipinski definition) is 15. The van der Waals surface area contributed by atoms with Crippen molar-refractivity contribution in [2.45, 2.75) is 534 Å². The molecule has 0 spiro atoms. The third-order valence-corrected chi connectivity index (χ3v) is 24.2. The second kappa shape index (κ2) is 86.4. The fourth-order valence-electron chi connectivity index (χ4n) is 14.9. The first-order chi connectivity index (χ1) is 55.0. The van der Waals surface area contributed by atoms with Crippen LogP contribution >= 0.6 is 15.6 Å². The highest BCUT2D eigenvalue weighted by Crippen LogP contribution is 2.45. The van der Waals surface area contributed by atoms with Gasteiger partial charge < -0.3 is 33.8 Å². The Bertz CT molecular complexity index is 2140. The SMILES string of the molecule is CCCCCCCCCCCCCCCCCCCCCCCC(=O)OC[C@H](COP(=O)(O)OC[C@@H](O)COP(=O)(O)OC[C@@H](COC(=O)CCCCCCCCCCCC(C)C)OC(=O)CCCCCCCCCCCCCCCCCCCCC)OC(=O)CCCCCCCCCCCCCCCCCCCCCCC. The molecule has 0 rings (SSSR count). The van der Waals surface area contributed by atoms with Gasteiger partial charge in [-0.1, -0.05) is 465 Å². The molecule has 0 aliphatic carbocycles. The Kier molecular flexibility index (Phi) is 85.0. The van der Waals surface area contributed by atoms with Crippen LogP contribution in [0, 0.1) is 5.92 Å². The van der Waals surface area contributed by atoms with Crippen molar-refractivity contribution < 1.29 is 80.2 Å². The highest BCUT2D eigenvalue weighted by Gasteiger charge is 2.31. The molecule has 0 aromatic rings. The summed E-state index contributed by atoms with van der Waals surface area (Å²) in [4.78, 5) is 73.5. The lowest BCUT2D eigenvalue weighted by Gasteiger charge is -2.21. The van der Waals surface area contributed by atoms with Crippen molar-refractivity contribution in [2.24, 2.45) is 5.92 Å². The average molecular weight is 1650 g/mol. The van der Waals surface area contributed by atoms with Crippen molar-refractivity contribution in [1.29, 1.82) is 0 Å². The van der Waals surface area contributed by atoms with Gasteiger partial charge in [-0.15, -0.1) is 0 Å². The summed E-state index contributed by atoms with van der Waals surface area (Å²) in [5, 5.41) is 10.7. The number of aliphatic hydroxyl groups excluding tert-OH is 1. The molecule has 0 aliphatic heterocycles. The second-order valence-corrected chi connectivity index (χ2v) is 37.1. The number of hydrogen-bond donors (Lipinski definition) is 3. The molecule has 5 atom stereocenters. The molecule has 3 N–H and O–H groups in total. The Morgan fingerprint density at radius 2 is 0.407 bits per heavy atom. The van der Waals surface area contributed by atoms with Gasteiger partial charge in [0.15, 0.2) is 12.2 Å². The standard InChI is InChI=1S/C94H184O17P2/c1-6-9-12-15-18-21-24-27-30-33-36-38-41-43-46-49-52-57-62-67-72-77-91(96)104-83-89(110-93(98)79-75-70-65-59-54-51-48-45-42-39-37-34-31-28-25-22-19-16-13-10-7-2)85-108-112(100,101)106-81-88(95)82-107-113(102,103)109-86-90(84-105-92(97)78-73-68-63-60-55-56-61-66-71-76-87(4)5)111-94(99)80-74-69-64-58-53-50-47-44-40-35-32-29-26-23-20-17-14-11-8-3/h87-90,95H,6-86H2,1-5H3,(H,100,101)(H,102,103)/t88-,89-,90-/m1/s1. The molecule has 0 bridgehead atoms. The van der Waals surface area contributed by atoms with Crippen LogP contribution in [0.2, 0.25) is 0 Å². The van der Waals surface area contributed by atoms with Gasteiger partial charge in [0.25, 0.3) is 0 Å². The molecule has 2 unspecified atom stereocenters. The van der Waals surface area contributed by atoms with E-state index in [1.807, 2.05) is 0 Å². The topological polar surface area (TPSA) is 237 Å². The van der Waals surface area contributed by atoms with Crippen molar-refractivity contribution in [3.05, 3.63) is 0 Å². The van der Waals surface area contributed by atoms with Crippen molar-refractivity contribution in [2.75, 3.05) is 39.6 Å². The first-order valence-corrected chi connectivity index (χ1v) is 51.6. The van der Waals surface area contributed by atoms with Crippen LogP contribution < -0.4 is 0 Å². The molecule has 0 radical (unpaired) electrons. The molecule has 0 saturated carbocycles. The number of phosphoric acid groups is 2. The molecular weight excluding hydrogens is 1460 g/mol. The van der Waals surface area contributed by atoms with Crippen LogP contribution in [0.1, 0.15) is 516 Å². The molecule has 19 heteroatoms. The normalized spacial score (nSPS) is 13.6. The Morgan fingerprint density at radius 3 is 0.602 bits per heavy atom. The maximum atomic E-state index is 13.2. The van der Waals surface area contributed by atoms with Gasteiger partial charge in [-0.25, -0.2) is 9.13 Å². The van der Waals surface area contributed by atoms with Crippen molar-refractivity contribution in [1.82, 2.24) is 0 Å². The highest BCUT2D eigenvalue weighted by atomic mass is 31.2. The van der Waals surface area contributed by atoms with Gasteiger partial charge in [-0.3, -0.25) is 37.3 Å². The zero-order valence-corrected chi connectivity index (χ0v) is 76.3. The number of aliphatic hydroxyl groups is 1. The minimum atomic E-state index is -4.97. The zero-order chi connectivity index (χ0) is 82.6. The first kappa shape index (κ1) is 111. The van der Waals surface area contributed by atoms with Crippen molar-refractivity contribution >= 4 is 39.5 Å². The minimum Gasteiger partial charge on any atom is -0.462 e. The predicted octanol–water partition coefficient (Wildman–Crippen LogP) is 29.5. The van der Waals surface area contributed by atoms with E-state index in [-0.39, 0.29) is 25.7 Å². The third-order valence-electron chi connectivity index (χ3n) is 22.3. The Balaban J connectivity index is 5.24. The number of ether oxygens (including phenoxy) is 4. The van der Waals surface area contributed by atoms with E-state index in [4.69, 9.17) is 37.0 Å². The molecule has 0 aliphatic rings. The summed E-state index contributed by atoms with van der Waals surface area (Å²) in [5.41, 5.74) is 0. The Morgan fingerprint density at radius 1 is 0.239 bits per heavy atom. The summed E-state index contributed by atoms with van der Waals surface area (Å²) in [6, 6.07) is 0. The van der Waals surface area contributed by atoms with Crippen LogP contribution in [0.3, 0.4) is 0 Å². The number of unbranched alkanes of at least 4 members (excludes halogenated alkanes) is 66. The van der Waals surface area contributed by atoms with Crippen LogP contribution in [-0.4, -0.2) is 96.7 Å². The maximum Gasteiger partial charge on any atom is 0.472 e. The molecule has 0 aromatic carbocycles. The van der Waals surface area contributed by atoms with E-state index in [2.05, 4.69) is 34.6 Å². The van der Waals surface area contributed by atoms with Gasteiger partial charge in [0.1, 0.15) is 19.3 Å². The molecule has 672 valence electrons. The first-order valence-electron chi connectivity index (χ1n) is 48.6. The molecule has 0 amide bonds. The average Bonchev–Trinajstić information content (AvgIpc) is 0.898. The van der Waals surface area contributed by atoms with Crippen LogP contribution in [0.4, 0.5) is 0 Å². The lowest BCUT2D eigenvalue weighted by molar-refractivity contribution is -0.161. The lowest BCUT2D eigenvalue weighted by Crippen LogP contribution is -2.30. The molecule has 113 heavy (non-hydrogen) atoms. The van der Waals surface area contributed by atoms with E-state index >= 15 is 0 Å². The Labute approximate surface area is 696 Å². The van der Waals surface area contributed by atoms with E-state index in [0.717, 1.165) is 95.8 Å². The van der Waals surface area contributed by atoms with Crippen LogP contribution in [0.25, 0.3) is 0 Å². The number of carbonyl (C=O) groups is 4. The summed E-state index contributed by atoms with van der Waals surface area (Å²) < 4.78 is 69.2. The van der Waals surface area contributed by atoms with Gasteiger partial charge in [0.05, 0.1) is 26.4 Å². The van der Waals surface area contributed by atoms with Gasteiger partial charge >= 0.3 is 39.5 Å². The highest BCUT2D eigenvalue weighted by molar-refractivity contribution is 7.47. The molecule has 0 saturated heterocycles. The second-order valence-electron chi connectivity index (χ2n) is 34.2. The summed E-state index contributed by atoms with van der Waals surface area (Å²) in [5.74, 6) is -1.35. The zero-order valence-electron chi connectivity index (χ0n) is 74.5. The maximum absolute atomic E-state index is 13.2. The summed E-state index contributed by atoms with van der Waals surface area (Å²) >= 11 is 0.